The quantitative estimate of drug-likeness (QED) is 0.771. The summed E-state index contributed by atoms with van der Waals surface area (Å²) >= 11 is 1.27. The Morgan fingerprint density at radius 2 is 2.00 bits per heavy atom. The largest absolute Gasteiger partial charge is 0.368 e. The minimum atomic E-state index is -0.267. The first-order chi connectivity index (χ1) is 12.1. The Balaban J connectivity index is 1.67. The molecule has 25 heavy (non-hydrogen) atoms. The average molecular weight is 363 g/mol. The molecular weight excluding hydrogens is 341 g/mol. The first-order valence-corrected chi connectivity index (χ1v) is 9.45. The highest BCUT2D eigenvalue weighted by Crippen LogP contribution is 2.25. The van der Waals surface area contributed by atoms with Crippen molar-refractivity contribution in [3.63, 3.8) is 0 Å². The Morgan fingerprint density at radius 1 is 1.28 bits per heavy atom. The van der Waals surface area contributed by atoms with E-state index in [4.69, 9.17) is 5.73 Å². The van der Waals surface area contributed by atoms with Crippen molar-refractivity contribution in [2.24, 2.45) is 0 Å². The number of nitrogens with zero attached hydrogens (tertiary/aromatic N) is 3. The summed E-state index contributed by atoms with van der Waals surface area (Å²) in [5.74, 6) is 0.279. The van der Waals surface area contributed by atoms with Crippen molar-refractivity contribution in [1.82, 2.24) is 20.1 Å². The Hall–Kier alpha value is -2.09. The summed E-state index contributed by atoms with van der Waals surface area (Å²) in [6.07, 6.45) is 5.54. The van der Waals surface area contributed by atoms with Gasteiger partial charge in [0, 0.05) is 12.6 Å². The van der Waals surface area contributed by atoms with Gasteiger partial charge in [-0.25, -0.2) is 9.49 Å². The lowest BCUT2D eigenvalue weighted by atomic mass is 9.94. The van der Waals surface area contributed by atoms with Crippen LogP contribution in [0.4, 0.5) is 10.3 Å². The van der Waals surface area contributed by atoms with Crippen LogP contribution in [0.2, 0.25) is 0 Å². The number of hydrogen-bond donors (Lipinski definition) is 2. The zero-order valence-corrected chi connectivity index (χ0v) is 14.8. The van der Waals surface area contributed by atoms with E-state index < -0.39 is 0 Å². The number of nitrogens with two attached hydrogens (primary N) is 1. The normalized spacial score (nSPS) is 15.2. The maximum atomic E-state index is 13.1. The lowest BCUT2D eigenvalue weighted by Crippen LogP contribution is -2.41. The van der Waals surface area contributed by atoms with Crippen LogP contribution in [0.15, 0.2) is 29.4 Å². The van der Waals surface area contributed by atoms with Crippen LogP contribution < -0.4 is 5.73 Å². The van der Waals surface area contributed by atoms with Crippen LogP contribution in [0.5, 0.6) is 0 Å². The van der Waals surface area contributed by atoms with Gasteiger partial charge in [-0.05, 0) is 30.5 Å². The van der Waals surface area contributed by atoms with Crippen LogP contribution in [0.1, 0.15) is 37.7 Å². The standard InChI is InChI=1S/C17H22FN5OS/c18-13-8-6-12(7-9-13)10-23(14-4-2-1-3-5-14)15(24)11-25-17-20-16(19)21-22-17/h6-9,14H,1-5,10-11H2,(H3,19,20,21,22). The summed E-state index contributed by atoms with van der Waals surface area (Å²) in [4.78, 5) is 18.8. The maximum Gasteiger partial charge on any atom is 0.233 e. The number of benzene rings is 1. The SMILES string of the molecule is Nc1nc(SCC(=O)N(Cc2ccc(F)cc2)C2CCCCC2)n[nH]1. The Labute approximate surface area is 150 Å². The van der Waals surface area contributed by atoms with Gasteiger partial charge >= 0.3 is 0 Å². The smallest absolute Gasteiger partial charge is 0.233 e. The van der Waals surface area contributed by atoms with Crippen LogP contribution in [-0.4, -0.2) is 37.8 Å². The molecule has 3 rings (SSSR count). The number of carbonyl (C=O) groups is 1. The number of anilines is 1. The summed E-state index contributed by atoms with van der Waals surface area (Å²) < 4.78 is 13.1. The fourth-order valence-corrected chi connectivity index (χ4v) is 3.82. The second-order valence-electron chi connectivity index (χ2n) is 6.23. The van der Waals surface area contributed by atoms with Gasteiger partial charge in [0.05, 0.1) is 5.75 Å². The first kappa shape index (κ1) is 17.7. The highest BCUT2D eigenvalue weighted by molar-refractivity contribution is 7.99. The van der Waals surface area contributed by atoms with Crippen LogP contribution in [-0.2, 0) is 11.3 Å². The number of aromatic amines is 1. The molecule has 134 valence electrons. The number of carbonyl (C=O) groups excluding carboxylic acids is 1. The monoisotopic (exact) mass is 363 g/mol. The van der Waals surface area contributed by atoms with Gasteiger partial charge in [0.25, 0.3) is 0 Å². The van der Waals surface area contributed by atoms with E-state index in [9.17, 15) is 9.18 Å². The van der Waals surface area contributed by atoms with Crippen molar-refractivity contribution in [2.45, 2.75) is 49.8 Å². The molecule has 8 heteroatoms. The number of aromatic nitrogens is 3. The van der Waals surface area contributed by atoms with Crippen molar-refractivity contribution in [3.8, 4) is 0 Å². The minimum absolute atomic E-state index is 0.0459. The Kier molecular flexibility index (Phi) is 5.91. The third-order valence-electron chi connectivity index (χ3n) is 4.41. The molecule has 6 nitrogen and oxygen atoms in total. The molecule has 1 aliphatic carbocycles. The summed E-state index contributed by atoms with van der Waals surface area (Å²) in [6, 6.07) is 6.58. The van der Waals surface area contributed by atoms with Gasteiger partial charge in [-0.1, -0.05) is 43.2 Å². The van der Waals surface area contributed by atoms with E-state index in [1.54, 1.807) is 12.1 Å². The molecule has 1 aromatic carbocycles. The molecule has 1 saturated carbocycles. The number of nitrogens with one attached hydrogen (secondary N) is 1. The van der Waals surface area contributed by atoms with Gasteiger partial charge in [0.2, 0.25) is 17.0 Å². The van der Waals surface area contributed by atoms with E-state index in [1.165, 1.54) is 30.3 Å². The number of nitrogen functional groups attached to an aromatic ring is 1. The van der Waals surface area contributed by atoms with Gasteiger partial charge in [0.15, 0.2) is 0 Å². The fraction of sp³-hybridized carbons (Fsp3) is 0.471. The van der Waals surface area contributed by atoms with Crippen molar-refractivity contribution in [2.75, 3.05) is 11.5 Å². The molecule has 0 saturated heterocycles. The van der Waals surface area contributed by atoms with Crippen molar-refractivity contribution in [1.29, 1.82) is 0 Å². The maximum absolute atomic E-state index is 13.1. The molecule has 0 unspecified atom stereocenters. The molecule has 3 N–H and O–H groups in total. The number of H-pyrrole nitrogens is 1. The fourth-order valence-electron chi connectivity index (χ4n) is 3.13. The molecule has 1 heterocycles. The minimum Gasteiger partial charge on any atom is -0.368 e. The van der Waals surface area contributed by atoms with E-state index in [0.29, 0.717) is 11.7 Å². The third kappa shape index (κ3) is 4.94. The predicted molar refractivity (Wildman–Crippen MR) is 95.3 cm³/mol. The average Bonchev–Trinajstić information content (AvgIpc) is 3.05. The zero-order valence-electron chi connectivity index (χ0n) is 13.9. The summed E-state index contributed by atoms with van der Waals surface area (Å²) in [6.45, 7) is 0.500. The van der Waals surface area contributed by atoms with Crippen LogP contribution >= 0.6 is 11.8 Å². The third-order valence-corrected chi connectivity index (χ3v) is 5.24. The number of amides is 1. The molecule has 2 aromatic rings. The Bertz CT molecular complexity index is 699. The molecule has 1 aliphatic rings. The van der Waals surface area contributed by atoms with E-state index in [2.05, 4.69) is 15.2 Å². The summed E-state index contributed by atoms with van der Waals surface area (Å²) in [5, 5.41) is 6.98. The zero-order chi connectivity index (χ0) is 17.6. The van der Waals surface area contributed by atoms with Crippen molar-refractivity contribution < 1.29 is 9.18 Å². The molecule has 1 aromatic heterocycles. The predicted octanol–water partition coefficient (Wildman–Crippen LogP) is 2.98. The van der Waals surface area contributed by atoms with Gasteiger partial charge in [-0.2, -0.15) is 4.98 Å². The first-order valence-electron chi connectivity index (χ1n) is 8.46. The topological polar surface area (TPSA) is 87.9 Å². The number of hydrogen-bond acceptors (Lipinski definition) is 5. The Morgan fingerprint density at radius 3 is 2.64 bits per heavy atom. The second kappa shape index (κ2) is 8.33. The van der Waals surface area contributed by atoms with Gasteiger partial charge in [0.1, 0.15) is 5.82 Å². The van der Waals surface area contributed by atoms with E-state index >= 15 is 0 Å². The molecule has 0 atom stereocenters. The van der Waals surface area contributed by atoms with Gasteiger partial charge in [-0.15, -0.1) is 5.10 Å². The van der Waals surface area contributed by atoms with Crippen molar-refractivity contribution >= 4 is 23.6 Å². The summed E-state index contributed by atoms with van der Waals surface area (Å²) in [5.41, 5.74) is 6.45. The van der Waals surface area contributed by atoms with E-state index in [0.717, 1.165) is 31.2 Å². The number of rotatable bonds is 6. The molecule has 1 fully saturated rings. The molecule has 0 bridgehead atoms. The molecule has 1 amide bonds. The second-order valence-corrected chi connectivity index (χ2v) is 7.17. The van der Waals surface area contributed by atoms with Crippen LogP contribution in [0, 0.1) is 5.82 Å². The van der Waals surface area contributed by atoms with Crippen LogP contribution in [0.25, 0.3) is 0 Å². The lowest BCUT2D eigenvalue weighted by Gasteiger charge is -2.34. The van der Waals surface area contributed by atoms with Crippen LogP contribution in [0.3, 0.4) is 0 Å². The van der Waals surface area contributed by atoms with Gasteiger partial charge < -0.3 is 10.6 Å². The highest BCUT2D eigenvalue weighted by Gasteiger charge is 2.25. The number of halogens is 1. The van der Waals surface area contributed by atoms with Crippen molar-refractivity contribution in [3.05, 3.63) is 35.6 Å². The molecule has 0 radical (unpaired) electrons. The number of thioether (sulfide) groups is 1. The molecule has 0 aliphatic heterocycles. The molecule has 0 spiro atoms. The van der Waals surface area contributed by atoms with Gasteiger partial charge in [-0.3, -0.25) is 4.79 Å². The molecular formula is C17H22FN5OS. The van der Waals surface area contributed by atoms with E-state index in [-0.39, 0.29) is 29.5 Å². The summed E-state index contributed by atoms with van der Waals surface area (Å²) in [7, 11) is 0. The highest BCUT2D eigenvalue weighted by atomic mass is 32.2. The lowest BCUT2D eigenvalue weighted by molar-refractivity contribution is -0.132. The van der Waals surface area contributed by atoms with E-state index in [1.807, 2.05) is 4.90 Å².